The van der Waals surface area contributed by atoms with Crippen molar-refractivity contribution in [3.05, 3.63) is 0 Å². The van der Waals surface area contributed by atoms with Crippen molar-refractivity contribution in [2.24, 2.45) is 15.0 Å². The van der Waals surface area contributed by atoms with Crippen LogP contribution in [0.2, 0.25) is 0 Å². The van der Waals surface area contributed by atoms with Crippen LogP contribution in [-0.2, 0) is 32.5 Å². The van der Waals surface area contributed by atoms with Crippen LogP contribution in [0.1, 0.15) is 0 Å². The standard InChI is InChI=1S/C9H12N3O7P/c13-7-10-1-4-17-20(16,18-5-2-11-8-14)19-6-3-12-9-15/h1-6H2. The molecule has 0 rings (SSSR count). The zero-order chi connectivity index (χ0) is 15.1. The van der Waals surface area contributed by atoms with E-state index in [9.17, 15) is 18.9 Å². The maximum atomic E-state index is 12.0. The van der Waals surface area contributed by atoms with E-state index in [2.05, 4.69) is 15.0 Å². The quantitative estimate of drug-likeness (QED) is 0.217. The molecular weight excluding hydrogens is 293 g/mol. The van der Waals surface area contributed by atoms with Crippen molar-refractivity contribution >= 4 is 26.1 Å². The number of aliphatic imine (C=N–C) groups is 3. The Labute approximate surface area is 114 Å². The maximum Gasteiger partial charge on any atom is 0.474 e. The predicted molar refractivity (Wildman–Crippen MR) is 64.4 cm³/mol. The van der Waals surface area contributed by atoms with Gasteiger partial charge in [0.05, 0.1) is 39.5 Å². The molecule has 0 spiro atoms. The average molecular weight is 305 g/mol. The summed E-state index contributed by atoms with van der Waals surface area (Å²) in [6.07, 6.45) is 3.84. The minimum atomic E-state index is -3.91. The smallest absolute Gasteiger partial charge is 0.285 e. The van der Waals surface area contributed by atoms with E-state index in [1.807, 2.05) is 0 Å². The van der Waals surface area contributed by atoms with Gasteiger partial charge in [-0.2, -0.15) is 0 Å². The summed E-state index contributed by atoms with van der Waals surface area (Å²) in [6, 6.07) is 0. The van der Waals surface area contributed by atoms with Gasteiger partial charge in [0.15, 0.2) is 0 Å². The van der Waals surface area contributed by atoms with Crippen LogP contribution in [0.5, 0.6) is 0 Å². The van der Waals surface area contributed by atoms with Crippen LogP contribution in [0.15, 0.2) is 15.0 Å². The van der Waals surface area contributed by atoms with Crippen molar-refractivity contribution in [2.75, 3.05) is 39.5 Å². The molecule has 0 aliphatic rings. The molecule has 0 N–H and O–H groups in total. The third-order valence-corrected chi connectivity index (χ3v) is 3.05. The average Bonchev–Trinajstić information content (AvgIpc) is 2.45. The van der Waals surface area contributed by atoms with Crippen molar-refractivity contribution in [3.63, 3.8) is 0 Å². The fourth-order valence-corrected chi connectivity index (χ4v) is 1.98. The van der Waals surface area contributed by atoms with Gasteiger partial charge < -0.3 is 0 Å². The summed E-state index contributed by atoms with van der Waals surface area (Å²) in [5.41, 5.74) is 0. The van der Waals surface area contributed by atoms with Crippen molar-refractivity contribution in [3.8, 4) is 0 Å². The second-order valence-corrected chi connectivity index (χ2v) is 4.53. The molecule has 0 amide bonds. The van der Waals surface area contributed by atoms with Crippen molar-refractivity contribution in [1.82, 2.24) is 0 Å². The summed E-state index contributed by atoms with van der Waals surface area (Å²) >= 11 is 0. The molecular formula is C9H12N3O7P. The van der Waals surface area contributed by atoms with Gasteiger partial charge in [-0.05, 0) is 0 Å². The fraction of sp³-hybridized carbons (Fsp3) is 0.667. The second-order valence-electron chi connectivity index (χ2n) is 2.87. The predicted octanol–water partition coefficient (Wildman–Crippen LogP) is 0.152. The molecule has 20 heavy (non-hydrogen) atoms. The molecule has 0 fully saturated rings. The molecule has 0 radical (unpaired) electrons. The Morgan fingerprint density at radius 1 is 0.700 bits per heavy atom. The van der Waals surface area contributed by atoms with Crippen LogP contribution in [0.3, 0.4) is 0 Å². The Morgan fingerprint density at radius 2 is 1.00 bits per heavy atom. The molecule has 110 valence electrons. The molecule has 0 aromatic rings. The molecule has 0 unspecified atom stereocenters. The van der Waals surface area contributed by atoms with E-state index in [1.54, 1.807) is 0 Å². The Bertz CT molecular complexity index is 398. The largest absolute Gasteiger partial charge is 0.474 e. The summed E-state index contributed by atoms with van der Waals surface area (Å²) in [5.74, 6) is 0. The molecule has 0 bridgehead atoms. The molecule has 11 heteroatoms. The van der Waals surface area contributed by atoms with E-state index in [0.717, 1.165) is 0 Å². The van der Waals surface area contributed by atoms with Gasteiger partial charge in [0, 0.05) is 0 Å². The molecule has 0 saturated carbocycles. The zero-order valence-corrected chi connectivity index (χ0v) is 11.3. The number of carbonyl (C=O) groups excluding carboxylic acids is 3. The molecule has 0 atom stereocenters. The normalized spacial score (nSPS) is 12.4. The van der Waals surface area contributed by atoms with E-state index in [0.29, 0.717) is 0 Å². The second kappa shape index (κ2) is 12.3. The first-order chi connectivity index (χ1) is 9.68. The Kier molecular flexibility index (Phi) is 11.2. The number of phosphoric ester groups is 1. The molecule has 10 nitrogen and oxygen atoms in total. The van der Waals surface area contributed by atoms with Crippen molar-refractivity contribution in [2.45, 2.75) is 0 Å². The van der Waals surface area contributed by atoms with Gasteiger partial charge in [0.2, 0.25) is 18.2 Å². The van der Waals surface area contributed by atoms with E-state index in [1.165, 1.54) is 18.2 Å². The lowest BCUT2D eigenvalue weighted by atomic mass is 10.7. The van der Waals surface area contributed by atoms with Crippen LogP contribution in [0.25, 0.3) is 0 Å². The first-order valence-electron chi connectivity index (χ1n) is 5.33. The number of nitrogens with zero attached hydrogens (tertiary/aromatic N) is 3. The molecule has 0 heterocycles. The third-order valence-electron chi connectivity index (χ3n) is 1.55. The van der Waals surface area contributed by atoms with Crippen LogP contribution < -0.4 is 0 Å². The lowest BCUT2D eigenvalue weighted by Crippen LogP contribution is -2.07. The first kappa shape index (κ1) is 18.2. The summed E-state index contributed by atoms with van der Waals surface area (Å²) in [4.78, 5) is 39.1. The van der Waals surface area contributed by atoms with E-state index in [4.69, 9.17) is 13.6 Å². The van der Waals surface area contributed by atoms with Crippen LogP contribution in [0, 0.1) is 0 Å². The number of hydrogen-bond acceptors (Lipinski definition) is 10. The van der Waals surface area contributed by atoms with Gasteiger partial charge in [-0.3, -0.25) is 13.6 Å². The first-order valence-corrected chi connectivity index (χ1v) is 6.79. The Hall–Kier alpha value is -1.75. The van der Waals surface area contributed by atoms with Gasteiger partial charge >= 0.3 is 7.82 Å². The van der Waals surface area contributed by atoms with E-state index >= 15 is 0 Å². The van der Waals surface area contributed by atoms with E-state index < -0.39 is 7.82 Å². The molecule has 0 aliphatic heterocycles. The van der Waals surface area contributed by atoms with Crippen LogP contribution in [-0.4, -0.2) is 57.7 Å². The number of hydrogen-bond donors (Lipinski definition) is 0. The maximum absolute atomic E-state index is 12.0. The molecule has 0 aromatic carbocycles. The SMILES string of the molecule is O=C=NCCOP(=O)(OCCN=C=O)OCCN=C=O. The fourth-order valence-electron chi connectivity index (χ4n) is 0.844. The van der Waals surface area contributed by atoms with Gasteiger partial charge in [-0.1, -0.05) is 0 Å². The lowest BCUT2D eigenvalue weighted by Gasteiger charge is -2.16. The molecule has 0 aromatic heterocycles. The highest BCUT2D eigenvalue weighted by Gasteiger charge is 2.26. The summed E-state index contributed by atoms with van der Waals surface area (Å²) in [6.45, 7) is -0.793. The third kappa shape index (κ3) is 10.2. The molecule has 0 saturated heterocycles. The zero-order valence-electron chi connectivity index (χ0n) is 10.4. The van der Waals surface area contributed by atoms with Gasteiger partial charge in [-0.15, -0.1) is 0 Å². The minimum Gasteiger partial charge on any atom is -0.285 e. The van der Waals surface area contributed by atoms with Crippen molar-refractivity contribution < 1.29 is 32.5 Å². The number of rotatable bonds is 12. The summed E-state index contributed by atoms with van der Waals surface area (Å²) < 4.78 is 26.6. The van der Waals surface area contributed by atoms with Crippen LogP contribution >= 0.6 is 7.82 Å². The summed E-state index contributed by atoms with van der Waals surface area (Å²) in [7, 11) is -3.91. The lowest BCUT2D eigenvalue weighted by molar-refractivity contribution is 0.120. The number of phosphoric acid groups is 1. The van der Waals surface area contributed by atoms with Gasteiger partial charge in [0.1, 0.15) is 0 Å². The topological polar surface area (TPSA) is 133 Å². The highest BCUT2D eigenvalue weighted by molar-refractivity contribution is 7.48. The number of isocyanates is 3. The van der Waals surface area contributed by atoms with Crippen molar-refractivity contribution in [1.29, 1.82) is 0 Å². The van der Waals surface area contributed by atoms with Gasteiger partial charge in [-0.25, -0.2) is 33.9 Å². The molecule has 0 aliphatic carbocycles. The van der Waals surface area contributed by atoms with Gasteiger partial charge in [0.25, 0.3) is 0 Å². The Morgan fingerprint density at radius 3 is 1.25 bits per heavy atom. The summed E-state index contributed by atoms with van der Waals surface area (Å²) in [5, 5.41) is 0. The van der Waals surface area contributed by atoms with Crippen LogP contribution in [0.4, 0.5) is 0 Å². The Balaban J connectivity index is 4.31. The highest BCUT2D eigenvalue weighted by atomic mass is 31.2. The van der Waals surface area contributed by atoms with E-state index in [-0.39, 0.29) is 39.5 Å². The monoisotopic (exact) mass is 305 g/mol. The highest BCUT2D eigenvalue weighted by Crippen LogP contribution is 2.49. The minimum absolute atomic E-state index is 0.0702.